The average Bonchev–Trinajstić information content (AvgIpc) is 1.52. The molecule has 2 spiro atoms. The SMILES string of the molecule is CC1(C)c2ccccc2-c2ccc(N(c3ccccc3-c3ccccc3)c3cccc4sc5cc6c(cc5c34)-c3ccccc3C63c4ccccc4Oc4ccccc43)cc2C1(C)C.CC1(C)c2ccccc2-c2cccc(N(c3ccccc3)c3cccc4sc5cc6c(cc5c34)-c3ccccc3C63c4ccccc4Oc4ccccc43)c2C1(C)C. The lowest BCUT2D eigenvalue weighted by Crippen LogP contribution is -2.44. The van der Waals surface area contributed by atoms with E-state index in [1.807, 2.05) is 22.7 Å². The Morgan fingerprint density at radius 3 is 1.05 bits per heavy atom. The molecule has 4 aliphatic carbocycles. The highest BCUT2D eigenvalue weighted by Crippen LogP contribution is 2.67. The summed E-state index contributed by atoms with van der Waals surface area (Å²) >= 11 is 3.80. The van der Waals surface area contributed by atoms with E-state index >= 15 is 0 Å². The van der Waals surface area contributed by atoms with Gasteiger partial charge in [-0.05, 0) is 220 Å². The third kappa shape index (κ3) is 9.85. The van der Waals surface area contributed by atoms with Crippen molar-refractivity contribution in [3.05, 3.63) is 443 Å². The number of nitrogens with zero attached hydrogens (tertiary/aromatic N) is 2. The van der Waals surface area contributed by atoms with E-state index in [1.54, 1.807) is 0 Å². The van der Waals surface area contributed by atoms with Crippen LogP contribution >= 0.6 is 22.7 Å². The van der Waals surface area contributed by atoms with Gasteiger partial charge < -0.3 is 19.3 Å². The summed E-state index contributed by atoms with van der Waals surface area (Å²) < 4.78 is 18.4. The summed E-state index contributed by atoms with van der Waals surface area (Å²) in [6.45, 7) is 19.4. The molecule has 0 N–H and O–H groups in total. The lowest BCUT2D eigenvalue weighted by molar-refractivity contribution is 0.299. The highest BCUT2D eigenvalue weighted by molar-refractivity contribution is 7.26. The zero-order chi connectivity index (χ0) is 81.9. The van der Waals surface area contributed by atoms with Crippen molar-refractivity contribution in [3.8, 4) is 78.6 Å². The molecule has 0 saturated heterocycles. The van der Waals surface area contributed by atoms with Gasteiger partial charge >= 0.3 is 0 Å². The van der Waals surface area contributed by atoms with Crippen LogP contribution < -0.4 is 19.3 Å². The molecule has 25 rings (SSSR count). The van der Waals surface area contributed by atoms with E-state index in [1.165, 1.54) is 180 Å². The smallest absolute Gasteiger partial charge is 0.132 e. The number of thiophene rings is 2. The van der Waals surface area contributed by atoms with Crippen LogP contribution in [0, 0.1) is 0 Å². The molecule has 6 heteroatoms. The Bertz CT molecular complexity index is 7530. The van der Waals surface area contributed by atoms with E-state index in [0.717, 1.165) is 40.1 Å². The van der Waals surface area contributed by atoms with Gasteiger partial charge in [-0.25, -0.2) is 0 Å². The first-order chi connectivity index (χ1) is 59.6. The molecule has 122 heavy (non-hydrogen) atoms. The maximum atomic E-state index is 6.67. The van der Waals surface area contributed by atoms with Gasteiger partial charge in [-0.15, -0.1) is 22.7 Å². The first-order valence-corrected chi connectivity index (χ1v) is 44.4. The zero-order valence-corrected chi connectivity index (χ0v) is 71.0. The van der Waals surface area contributed by atoms with Crippen LogP contribution in [0.4, 0.5) is 34.1 Å². The summed E-state index contributed by atoms with van der Waals surface area (Å²) in [6, 6.07) is 140. The molecule has 2 aromatic heterocycles. The molecule has 584 valence electrons. The van der Waals surface area contributed by atoms with Gasteiger partial charge in [-0.3, -0.25) is 0 Å². The number of ether oxygens (including phenoxy) is 2. The van der Waals surface area contributed by atoms with Crippen LogP contribution in [-0.2, 0) is 32.5 Å². The second-order valence-corrected chi connectivity index (χ2v) is 38.2. The van der Waals surface area contributed by atoms with Gasteiger partial charge in [0.1, 0.15) is 23.0 Å². The summed E-state index contributed by atoms with van der Waals surface area (Å²) in [7, 11) is 0. The lowest BCUT2D eigenvalue weighted by atomic mass is 9.55. The second-order valence-electron chi connectivity index (χ2n) is 36.0. The highest BCUT2D eigenvalue weighted by atomic mass is 32.1. The van der Waals surface area contributed by atoms with Crippen LogP contribution in [-0.4, -0.2) is 0 Å². The van der Waals surface area contributed by atoms with E-state index in [0.29, 0.717) is 0 Å². The first-order valence-electron chi connectivity index (χ1n) is 42.8. The molecular weight excluding hydrogens is 1520 g/mol. The maximum Gasteiger partial charge on any atom is 0.132 e. The van der Waals surface area contributed by atoms with Gasteiger partial charge in [0.2, 0.25) is 0 Å². The summed E-state index contributed by atoms with van der Waals surface area (Å²) in [5.41, 5.74) is 33.8. The second kappa shape index (κ2) is 26.4. The quantitative estimate of drug-likeness (QED) is 0.159. The Balaban J connectivity index is 0.000000139. The number of benzene rings is 17. The Morgan fingerprint density at radius 1 is 0.213 bits per heavy atom. The van der Waals surface area contributed by atoms with Gasteiger partial charge in [-0.2, -0.15) is 0 Å². The Kier molecular flexibility index (Phi) is 15.7. The van der Waals surface area contributed by atoms with Crippen LogP contribution in [0.25, 0.3) is 96.0 Å². The fourth-order valence-corrected chi connectivity index (χ4v) is 24.8. The molecule has 0 saturated carbocycles. The largest absolute Gasteiger partial charge is 0.457 e. The predicted octanol–water partition coefficient (Wildman–Crippen LogP) is 32.1. The fraction of sp³-hybridized carbons (Fsp3) is 0.121. The topological polar surface area (TPSA) is 24.9 Å². The van der Waals surface area contributed by atoms with Crippen LogP contribution in [0.3, 0.4) is 0 Å². The molecule has 19 aromatic rings. The zero-order valence-electron chi connectivity index (χ0n) is 69.3. The molecule has 0 amide bonds. The summed E-state index contributed by atoms with van der Waals surface area (Å²) in [5.74, 6) is 3.66. The van der Waals surface area contributed by atoms with Gasteiger partial charge in [0.25, 0.3) is 0 Å². The predicted molar refractivity (Wildman–Crippen MR) is 511 cm³/mol. The van der Waals surface area contributed by atoms with Crippen molar-refractivity contribution in [3.63, 3.8) is 0 Å². The molecule has 0 bridgehead atoms. The number of hydrogen-bond donors (Lipinski definition) is 0. The van der Waals surface area contributed by atoms with E-state index < -0.39 is 10.8 Å². The molecule has 6 aliphatic rings. The normalized spacial score (nSPS) is 15.6. The van der Waals surface area contributed by atoms with Crippen LogP contribution in [0.2, 0.25) is 0 Å². The molecule has 0 atom stereocenters. The van der Waals surface area contributed by atoms with Crippen molar-refractivity contribution in [1.82, 2.24) is 0 Å². The third-order valence-electron chi connectivity index (χ3n) is 29.4. The molecule has 2 aliphatic heterocycles. The maximum absolute atomic E-state index is 6.67. The molecule has 0 radical (unpaired) electrons. The van der Waals surface area contributed by atoms with E-state index in [4.69, 9.17) is 9.47 Å². The van der Waals surface area contributed by atoms with Gasteiger partial charge in [0.05, 0.1) is 33.6 Å². The Labute approximate surface area is 720 Å². The minimum Gasteiger partial charge on any atom is -0.457 e. The minimum absolute atomic E-state index is 0.0922. The Morgan fingerprint density at radius 2 is 0.557 bits per heavy atom. The molecule has 4 heterocycles. The number of para-hydroxylation sites is 6. The van der Waals surface area contributed by atoms with Gasteiger partial charge in [-0.1, -0.05) is 322 Å². The van der Waals surface area contributed by atoms with E-state index in [9.17, 15) is 0 Å². The van der Waals surface area contributed by atoms with Gasteiger partial charge in [0.15, 0.2) is 0 Å². The van der Waals surface area contributed by atoms with Crippen molar-refractivity contribution in [2.24, 2.45) is 0 Å². The summed E-state index contributed by atoms with van der Waals surface area (Å²) in [6.07, 6.45) is 0. The summed E-state index contributed by atoms with van der Waals surface area (Å²) in [5, 5.41) is 5.10. The van der Waals surface area contributed by atoms with Crippen LogP contribution in [0.1, 0.15) is 122 Å². The number of hydrogen-bond acceptors (Lipinski definition) is 6. The first kappa shape index (κ1) is 72.4. The molecule has 17 aromatic carbocycles. The summed E-state index contributed by atoms with van der Waals surface area (Å²) in [4.78, 5) is 5.10. The van der Waals surface area contributed by atoms with Crippen molar-refractivity contribution in [2.75, 3.05) is 9.80 Å². The van der Waals surface area contributed by atoms with E-state index in [-0.39, 0.29) is 21.7 Å². The van der Waals surface area contributed by atoms with Crippen molar-refractivity contribution >= 4 is 97.1 Å². The monoisotopic (exact) mass is 1600 g/mol. The fourth-order valence-electron chi connectivity index (χ4n) is 22.5. The molecular formula is C116H86N2O2S2. The number of fused-ring (bicyclic) bond motifs is 30. The number of rotatable bonds is 7. The van der Waals surface area contributed by atoms with Crippen molar-refractivity contribution < 1.29 is 9.47 Å². The number of anilines is 6. The highest BCUT2D eigenvalue weighted by Gasteiger charge is 2.55. The van der Waals surface area contributed by atoms with Crippen LogP contribution in [0.5, 0.6) is 23.0 Å². The van der Waals surface area contributed by atoms with E-state index in [2.05, 4.69) is 441 Å². The van der Waals surface area contributed by atoms with Crippen molar-refractivity contribution in [2.45, 2.75) is 87.9 Å². The lowest BCUT2D eigenvalue weighted by Gasteiger charge is -2.50. The minimum atomic E-state index is -0.520. The van der Waals surface area contributed by atoms with Crippen LogP contribution in [0.15, 0.2) is 376 Å². The van der Waals surface area contributed by atoms with Gasteiger partial charge in [0, 0.05) is 85.0 Å². The molecule has 0 unspecified atom stereocenters. The molecule has 4 nitrogen and oxygen atoms in total. The van der Waals surface area contributed by atoms with Crippen molar-refractivity contribution in [1.29, 1.82) is 0 Å². The average molecular weight is 1600 g/mol. The standard InChI is InChI=1S/C61H45NOS.C55H41NOS/c1-59(2)46-24-11-8-22-41(46)43-34-33-39(35-50(43)60(59,3)4)62(52-28-15-10-21-40(52)38-19-6-5-7-20-38)53-29-18-32-56-58(53)45-36-44-42-23-9-12-25-47(42)61(51(44)37-57(45)64-56)48-26-13-16-30-54(48)63-55-31-17-14-27-49(55)61;1-53(2)40-23-10-8-20-35(40)37-22-16-28-46(52(37)54(53,3)4)56(34-18-6-5-7-19-34)45-27-17-31-49-51(45)39-32-38-36-21-9-11-24-41(36)55(44(38)33-50(39)58-49)42-25-12-14-29-47(42)57-48-30-15-13-26-43(48)55/h5-37H,1-4H3;5-33H,1-4H3. The third-order valence-corrected chi connectivity index (χ3v) is 31.6. The molecule has 0 fully saturated rings. The Hall–Kier alpha value is -13.6.